The van der Waals surface area contributed by atoms with Crippen molar-refractivity contribution in [2.45, 2.75) is 0 Å². The summed E-state index contributed by atoms with van der Waals surface area (Å²) in [6, 6.07) is 5.91. The largest absolute Gasteiger partial charge is 0.504 e. The van der Waals surface area contributed by atoms with Crippen molar-refractivity contribution in [3.8, 4) is 5.75 Å². The maximum atomic E-state index is 11.3. The lowest BCUT2D eigenvalue weighted by Gasteiger charge is -2.12. The number of nitrogens with two attached hydrogens (primary N) is 1. The number of nitrogens with zero attached hydrogens (tertiary/aromatic N) is 2. The Balaban J connectivity index is 2.45. The zero-order valence-electron chi connectivity index (χ0n) is 11.3. The molecule has 0 unspecified atom stereocenters. The summed E-state index contributed by atoms with van der Waals surface area (Å²) in [6.07, 6.45) is 0. The standard InChI is InChI=1S/C14H12ClN3O2S/c1-18(2)6-3-4-8-7(5-6)9-12(21-8)11(19)10(14(16)20)17-13(9)15/h3-5,19H,1-2H3,(H2,16,20). The molecule has 2 heterocycles. The molecule has 0 aliphatic heterocycles. The van der Waals surface area contributed by atoms with Crippen molar-refractivity contribution in [2.24, 2.45) is 5.73 Å². The smallest absolute Gasteiger partial charge is 0.271 e. The van der Waals surface area contributed by atoms with Gasteiger partial charge in [0, 0.05) is 35.3 Å². The van der Waals surface area contributed by atoms with E-state index in [1.165, 1.54) is 11.3 Å². The van der Waals surface area contributed by atoms with Crippen LogP contribution in [0.2, 0.25) is 5.15 Å². The maximum absolute atomic E-state index is 11.3. The molecule has 0 fully saturated rings. The maximum Gasteiger partial charge on any atom is 0.271 e. The molecule has 0 aliphatic rings. The van der Waals surface area contributed by atoms with Crippen LogP contribution in [-0.2, 0) is 0 Å². The van der Waals surface area contributed by atoms with Crippen LogP contribution in [0.25, 0.3) is 20.2 Å². The SMILES string of the molecule is CN(C)c1ccc2sc3c(O)c(C(N)=O)nc(Cl)c3c2c1. The van der Waals surface area contributed by atoms with Crippen molar-refractivity contribution >= 4 is 54.7 Å². The summed E-state index contributed by atoms with van der Waals surface area (Å²) >= 11 is 7.55. The van der Waals surface area contributed by atoms with Gasteiger partial charge in [-0.05, 0) is 18.2 Å². The average Bonchev–Trinajstić information content (AvgIpc) is 2.81. The fraction of sp³-hybridized carbons (Fsp3) is 0.143. The van der Waals surface area contributed by atoms with Gasteiger partial charge in [-0.1, -0.05) is 11.6 Å². The van der Waals surface area contributed by atoms with Crippen LogP contribution >= 0.6 is 22.9 Å². The monoisotopic (exact) mass is 321 g/mol. The highest BCUT2D eigenvalue weighted by Crippen LogP contribution is 2.43. The van der Waals surface area contributed by atoms with Gasteiger partial charge in [0.1, 0.15) is 5.15 Å². The second kappa shape index (κ2) is 4.75. The Hall–Kier alpha value is -2.05. The van der Waals surface area contributed by atoms with E-state index in [0.717, 1.165) is 15.8 Å². The zero-order valence-corrected chi connectivity index (χ0v) is 12.9. The van der Waals surface area contributed by atoms with Gasteiger partial charge in [0.15, 0.2) is 11.4 Å². The molecule has 0 saturated heterocycles. The number of thiophene rings is 1. The molecule has 1 aromatic carbocycles. The zero-order chi connectivity index (χ0) is 15.3. The lowest BCUT2D eigenvalue weighted by Crippen LogP contribution is -2.13. The van der Waals surface area contributed by atoms with E-state index in [-0.39, 0.29) is 16.6 Å². The van der Waals surface area contributed by atoms with E-state index in [4.69, 9.17) is 17.3 Å². The van der Waals surface area contributed by atoms with Crippen molar-refractivity contribution in [1.82, 2.24) is 4.98 Å². The molecule has 0 aliphatic carbocycles. The quantitative estimate of drug-likeness (QED) is 0.711. The van der Waals surface area contributed by atoms with Gasteiger partial charge in [-0.25, -0.2) is 4.98 Å². The Labute approximate surface area is 129 Å². The van der Waals surface area contributed by atoms with Gasteiger partial charge < -0.3 is 15.7 Å². The van der Waals surface area contributed by atoms with E-state index >= 15 is 0 Å². The fourth-order valence-electron chi connectivity index (χ4n) is 2.22. The summed E-state index contributed by atoms with van der Waals surface area (Å²) in [5, 5.41) is 11.9. The Morgan fingerprint density at radius 1 is 1.43 bits per heavy atom. The molecule has 3 rings (SSSR count). The number of rotatable bonds is 2. The van der Waals surface area contributed by atoms with Crippen LogP contribution in [0.5, 0.6) is 5.75 Å². The molecular formula is C14H12ClN3O2S. The third-order valence-electron chi connectivity index (χ3n) is 3.28. The summed E-state index contributed by atoms with van der Waals surface area (Å²) < 4.78 is 1.48. The molecule has 0 radical (unpaired) electrons. The summed E-state index contributed by atoms with van der Waals surface area (Å²) in [7, 11) is 3.89. The number of pyridine rings is 1. The van der Waals surface area contributed by atoms with Crippen molar-refractivity contribution in [2.75, 3.05) is 19.0 Å². The normalized spacial score (nSPS) is 11.2. The highest BCUT2D eigenvalue weighted by atomic mass is 35.5. The third-order valence-corrected chi connectivity index (χ3v) is 4.73. The van der Waals surface area contributed by atoms with Gasteiger partial charge in [-0.3, -0.25) is 4.79 Å². The summed E-state index contributed by atoms with van der Waals surface area (Å²) in [4.78, 5) is 17.2. The minimum absolute atomic E-state index is 0.166. The first kappa shape index (κ1) is 13.9. The first-order valence-electron chi connectivity index (χ1n) is 6.12. The number of anilines is 1. The van der Waals surface area contributed by atoms with Crippen molar-refractivity contribution in [3.63, 3.8) is 0 Å². The molecule has 3 N–H and O–H groups in total. The lowest BCUT2D eigenvalue weighted by molar-refractivity contribution is 0.0993. The van der Waals surface area contributed by atoms with Crippen LogP contribution in [0.3, 0.4) is 0 Å². The summed E-state index contributed by atoms with van der Waals surface area (Å²) in [5.41, 5.74) is 6.02. The van der Waals surface area contributed by atoms with Gasteiger partial charge in [0.2, 0.25) is 0 Å². The van der Waals surface area contributed by atoms with Crippen LogP contribution in [0, 0.1) is 0 Å². The molecule has 0 saturated carbocycles. The second-order valence-electron chi connectivity index (χ2n) is 4.85. The van der Waals surface area contributed by atoms with E-state index in [0.29, 0.717) is 10.1 Å². The van der Waals surface area contributed by atoms with Crippen LogP contribution in [0.4, 0.5) is 5.69 Å². The predicted octanol–water partition coefficient (Wildman–Crippen LogP) is 2.97. The number of benzene rings is 1. The fourth-order valence-corrected chi connectivity index (χ4v) is 3.69. The van der Waals surface area contributed by atoms with Crippen molar-refractivity contribution in [3.05, 3.63) is 29.0 Å². The molecule has 0 atom stereocenters. The molecule has 21 heavy (non-hydrogen) atoms. The molecular weight excluding hydrogens is 310 g/mol. The summed E-state index contributed by atoms with van der Waals surface area (Å²) in [6.45, 7) is 0. The van der Waals surface area contributed by atoms with Crippen molar-refractivity contribution in [1.29, 1.82) is 0 Å². The topological polar surface area (TPSA) is 79.5 Å². The molecule has 3 aromatic rings. The minimum Gasteiger partial charge on any atom is -0.504 e. The Morgan fingerprint density at radius 2 is 2.14 bits per heavy atom. The van der Waals surface area contributed by atoms with Crippen LogP contribution in [0.15, 0.2) is 18.2 Å². The summed E-state index contributed by atoms with van der Waals surface area (Å²) in [5.74, 6) is -1.02. The molecule has 7 heteroatoms. The van der Waals surface area contributed by atoms with Gasteiger partial charge in [-0.2, -0.15) is 0 Å². The third kappa shape index (κ3) is 2.07. The highest BCUT2D eigenvalue weighted by Gasteiger charge is 2.20. The number of primary amides is 1. The van der Waals surface area contributed by atoms with E-state index < -0.39 is 5.91 Å². The number of aromatic hydroxyl groups is 1. The number of aromatic nitrogens is 1. The number of hydrogen-bond donors (Lipinski definition) is 2. The Kier molecular flexibility index (Phi) is 3.15. The molecule has 0 spiro atoms. The number of carbonyl (C=O) groups excluding carboxylic acids is 1. The number of hydrogen-bond acceptors (Lipinski definition) is 5. The van der Waals surface area contributed by atoms with Crippen molar-refractivity contribution < 1.29 is 9.90 Å². The number of carbonyl (C=O) groups is 1. The first-order chi connectivity index (χ1) is 9.90. The van der Waals surface area contributed by atoms with E-state index in [1.54, 1.807) is 0 Å². The Bertz CT molecular complexity index is 889. The van der Waals surface area contributed by atoms with E-state index in [9.17, 15) is 9.90 Å². The van der Waals surface area contributed by atoms with Gasteiger partial charge in [0.25, 0.3) is 5.91 Å². The van der Waals surface area contributed by atoms with Gasteiger partial charge in [0.05, 0.1) is 4.70 Å². The molecule has 1 amide bonds. The molecule has 108 valence electrons. The van der Waals surface area contributed by atoms with Crippen LogP contribution < -0.4 is 10.6 Å². The average molecular weight is 322 g/mol. The number of fused-ring (bicyclic) bond motifs is 3. The minimum atomic E-state index is -0.803. The molecule has 2 aromatic heterocycles. The predicted molar refractivity (Wildman–Crippen MR) is 86.6 cm³/mol. The number of amides is 1. The van der Waals surface area contributed by atoms with Gasteiger partial charge in [-0.15, -0.1) is 11.3 Å². The number of halogens is 1. The first-order valence-corrected chi connectivity index (χ1v) is 7.31. The van der Waals surface area contributed by atoms with E-state index in [1.807, 2.05) is 37.2 Å². The lowest BCUT2D eigenvalue weighted by atomic mass is 10.1. The Morgan fingerprint density at radius 3 is 2.76 bits per heavy atom. The molecule has 5 nitrogen and oxygen atoms in total. The second-order valence-corrected chi connectivity index (χ2v) is 6.26. The van der Waals surface area contributed by atoms with Crippen LogP contribution in [-0.4, -0.2) is 30.1 Å². The van der Waals surface area contributed by atoms with E-state index in [2.05, 4.69) is 4.98 Å². The molecule has 0 bridgehead atoms. The highest BCUT2D eigenvalue weighted by molar-refractivity contribution is 7.26. The van der Waals surface area contributed by atoms with Gasteiger partial charge >= 0.3 is 0 Å². The van der Waals surface area contributed by atoms with Crippen LogP contribution in [0.1, 0.15) is 10.5 Å².